The van der Waals surface area contributed by atoms with Gasteiger partial charge in [0, 0.05) is 5.39 Å². The number of benzene rings is 3. The smallest absolute Gasteiger partial charge is 0.108 e. The highest BCUT2D eigenvalue weighted by Crippen LogP contribution is 2.23. The monoisotopic (exact) mass is 326 g/mol. The van der Waals surface area contributed by atoms with E-state index in [2.05, 4.69) is 28.7 Å². The van der Waals surface area contributed by atoms with Gasteiger partial charge in [0.2, 0.25) is 0 Å². The minimum atomic E-state index is 0.809. The molecule has 0 saturated carbocycles. The Balaban J connectivity index is 1.80. The van der Waals surface area contributed by atoms with Crippen LogP contribution in [0.5, 0.6) is 0 Å². The number of anilines is 1. The van der Waals surface area contributed by atoms with E-state index in [0.717, 1.165) is 44.6 Å². The maximum absolute atomic E-state index is 4.88. The van der Waals surface area contributed by atoms with Crippen molar-refractivity contribution in [3.63, 3.8) is 0 Å². The Morgan fingerprint density at radius 3 is 2.48 bits per heavy atom. The van der Waals surface area contributed by atoms with Gasteiger partial charge in [0.25, 0.3) is 0 Å². The number of fused-ring (bicyclic) bond motifs is 3. The molecule has 0 radical (unpaired) electrons. The Morgan fingerprint density at radius 1 is 0.880 bits per heavy atom. The summed E-state index contributed by atoms with van der Waals surface area (Å²) in [6.07, 6.45) is 0. The van der Waals surface area contributed by atoms with Crippen LogP contribution in [-0.2, 0) is 0 Å². The SMILES string of the molecule is C/C(=N/Nc1ccccc1)c1nc2c(ccc3ccccc32)nc1C. The second-order valence-corrected chi connectivity index (χ2v) is 5.99. The van der Waals surface area contributed by atoms with Gasteiger partial charge in [-0.15, -0.1) is 0 Å². The van der Waals surface area contributed by atoms with Crippen LogP contribution in [0.4, 0.5) is 5.69 Å². The fourth-order valence-corrected chi connectivity index (χ4v) is 2.93. The van der Waals surface area contributed by atoms with E-state index in [1.54, 1.807) is 0 Å². The van der Waals surface area contributed by atoms with Crippen LogP contribution < -0.4 is 5.43 Å². The Hall–Kier alpha value is -3.27. The molecule has 3 aromatic carbocycles. The number of hydrogen-bond acceptors (Lipinski definition) is 4. The third-order valence-corrected chi connectivity index (χ3v) is 4.20. The Labute approximate surface area is 146 Å². The Kier molecular flexibility index (Phi) is 3.86. The van der Waals surface area contributed by atoms with Gasteiger partial charge in [-0.25, -0.2) is 9.97 Å². The van der Waals surface area contributed by atoms with Crippen molar-refractivity contribution in [3.05, 3.63) is 78.1 Å². The van der Waals surface area contributed by atoms with E-state index in [-0.39, 0.29) is 0 Å². The molecule has 0 bridgehead atoms. The molecule has 0 aliphatic carbocycles. The van der Waals surface area contributed by atoms with Crippen LogP contribution in [0.15, 0.2) is 71.8 Å². The summed E-state index contributed by atoms with van der Waals surface area (Å²) >= 11 is 0. The van der Waals surface area contributed by atoms with Gasteiger partial charge >= 0.3 is 0 Å². The summed E-state index contributed by atoms with van der Waals surface area (Å²) in [5.41, 5.74) is 8.33. The molecule has 0 aliphatic rings. The van der Waals surface area contributed by atoms with Crippen LogP contribution in [-0.4, -0.2) is 15.7 Å². The summed E-state index contributed by atoms with van der Waals surface area (Å²) in [4.78, 5) is 9.61. The minimum absolute atomic E-state index is 0.809. The third-order valence-electron chi connectivity index (χ3n) is 4.20. The largest absolute Gasteiger partial charge is 0.278 e. The third kappa shape index (κ3) is 2.94. The van der Waals surface area contributed by atoms with Crippen molar-refractivity contribution in [2.24, 2.45) is 5.10 Å². The van der Waals surface area contributed by atoms with Gasteiger partial charge in [-0.2, -0.15) is 5.10 Å². The molecule has 0 atom stereocenters. The highest BCUT2D eigenvalue weighted by molar-refractivity contribution is 6.06. The first-order valence-corrected chi connectivity index (χ1v) is 8.24. The number of hydrogen-bond donors (Lipinski definition) is 1. The normalized spacial score (nSPS) is 11.8. The second kappa shape index (κ2) is 6.32. The van der Waals surface area contributed by atoms with Gasteiger partial charge in [-0.3, -0.25) is 5.43 Å². The van der Waals surface area contributed by atoms with Crippen LogP contribution >= 0.6 is 0 Å². The Morgan fingerprint density at radius 2 is 1.64 bits per heavy atom. The van der Waals surface area contributed by atoms with E-state index < -0.39 is 0 Å². The maximum atomic E-state index is 4.88. The molecule has 0 unspecified atom stereocenters. The van der Waals surface area contributed by atoms with Gasteiger partial charge in [0.1, 0.15) is 5.69 Å². The van der Waals surface area contributed by atoms with E-state index in [0.29, 0.717) is 0 Å². The van der Waals surface area contributed by atoms with Gasteiger partial charge in [0.15, 0.2) is 0 Å². The number of para-hydroxylation sites is 1. The molecule has 0 spiro atoms. The van der Waals surface area contributed by atoms with Crippen LogP contribution in [0.3, 0.4) is 0 Å². The number of rotatable bonds is 3. The van der Waals surface area contributed by atoms with Crippen molar-refractivity contribution in [1.29, 1.82) is 0 Å². The summed E-state index contributed by atoms with van der Waals surface area (Å²) in [6.45, 7) is 3.92. The highest BCUT2D eigenvalue weighted by Gasteiger charge is 2.10. The summed E-state index contributed by atoms with van der Waals surface area (Å²) in [6, 6.07) is 22.2. The predicted octanol–water partition coefficient (Wildman–Crippen LogP) is 4.93. The predicted molar refractivity (Wildman–Crippen MR) is 104 cm³/mol. The first-order chi connectivity index (χ1) is 12.2. The lowest BCUT2D eigenvalue weighted by atomic mass is 10.1. The fourth-order valence-electron chi connectivity index (χ4n) is 2.93. The quantitative estimate of drug-likeness (QED) is 0.330. The van der Waals surface area contributed by atoms with Gasteiger partial charge in [-0.1, -0.05) is 48.5 Å². The summed E-state index contributed by atoms with van der Waals surface area (Å²) in [7, 11) is 0. The second-order valence-electron chi connectivity index (χ2n) is 5.99. The van der Waals surface area contributed by atoms with E-state index in [1.165, 1.54) is 0 Å². The highest BCUT2D eigenvalue weighted by atomic mass is 15.3. The molecule has 0 amide bonds. The summed E-state index contributed by atoms with van der Waals surface area (Å²) < 4.78 is 0. The van der Waals surface area contributed by atoms with Gasteiger partial charge in [0.05, 0.1) is 28.1 Å². The molecule has 0 saturated heterocycles. The molecule has 1 heterocycles. The molecule has 25 heavy (non-hydrogen) atoms. The van der Waals surface area contributed by atoms with Crippen molar-refractivity contribution in [2.75, 3.05) is 5.43 Å². The van der Waals surface area contributed by atoms with Crippen LogP contribution in [0.2, 0.25) is 0 Å². The molecule has 122 valence electrons. The zero-order chi connectivity index (χ0) is 17.2. The summed E-state index contributed by atoms with van der Waals surface area (Å²) in [5.74, 6) is 0. The number of aromatic nitrogens is 2. The lowest BCUT2D eigenvalue weighted by Crippen LogP contribution is -2.07. The average Bonchev–Trinajstić information content (AvgIpc) is 2.66. The van der Waals surface area contributed by atoms with E-state index in [4.69, 9.17) is 9.97 Å². The molecule has 4 rings (SSSR count). The van der Waals surface area contributed by atoms with Gasteiger partial charge in [-0.05, 0) is 37.4 Å². The van der Waals surface area contributed by atoms with E-state index in [9.17, 15) is 0 Å². The zero-order valence-corrected chi connectivity index (χ0v) is 14.2. The molecule has 4 aromatic rings. The first kappa shape index (κ1) is 15.3. The van der Waals surface area contributed by atoms with Crippen LogP contribution in [0.1, 0.15) is 18.3 Å². The number of aryl methyl sites for hydroxylation is 1. The van der Waals surface area contributed by atoms with Crippen molar-refractivity contribution in [2.45, 2.75) is 13.8 Å². The van der Waals surface area contributed by atoms with E-state index >= 15 is 0 Å². The molecular weight excluding hydrogens is 308 g/mol. The molecule has 4 nitrogen and oxygen atoms in total. The first-order valence-electron chi connectivity index (χ1n) is 8.24. The number of hydrazone groups is 1. The van der Waals surface area contributed by atoms with Crippen LogP contribution in [0, 0.1) is 6.92 Å². The topological polar surface area (TPSA) is 50.2 Å². The molecule has 1 N–H and O–H groups in total. The van der Waals surface area contributed by atoms with Crippen molar-refractivity contribution < 1.29 is 0 Å². The molecule has 0 fully saturated rings. The van der Waals surface area contributed by atoms with Crippen LogP contribution in [0.25, 0.3) is 21.8 Å². The number of nitrogens with zero attached hydrogens (tertiary/aromatic N) is 3. The standard InChI is InChI=1S/C21H18N4/c1-14-20(15(2)24-25-17-9-4-3-5-10-17)23-21-18-11-7-6-8-16(18)12-13-19(21)22-14/h3-13,25H,1-2H3/b24-15-. The average molecular weight is 326 g/mol. The number of nitrogens with one attached hydrogen (secondary N) is 1. The molecular formula is C21H18N4. The molecule has 1 aromatic heterocycles. The fraction of sp³-hybridized carbons (Fsp3) is 0.0952. The Bertz CT molecular complexity index is 1080. The molecule has 0 aliphatic heterocycles. The van der Waals surface area contributed by atoms with Crippen molar-refractivity contribution in [3.8, 4) is 0 Å². The van der Waals surface area contributed by atoms with Crippen molar-refractivity contribution in [1.82, 2.24) is 9.97 Å². The summed E-state index contributed by atoms with van der Waals surface area (Å²) in [5, 5.41) is 6.75. The minimum Gasteiger partial charge on any atom is -0.278 e. The molecule has 4 heteroatoms. The maximum Gasteiger partial charge on any atom is 0.108 e. The lowest BCUT2D eigenvalue weighted by molar-refractivity contribution is 1.15. The zero-order valence-electron chi connectivity index (χ0n) is 14.2. The van der Waals surface area contributed by atoms with E-state index in [1.807, 2.05) is 62.4 Å². The van der Waals surface area contributed by atoms with Gasteiger partial charge < -0.3 is 0 Å². The van der Waals surface area contributed by atoms with Crippen molar-refractivity contribution >= 4 is 33.2 Å². The lowest BCUT2D eigenvalue weighted by Gasteiger charge is -2.09.